The second kappa shape index (κ2) is 10.2. The highest BCUT2D eigenvalue weighted by Gasteiger charge is 2.25. The van der Waals surface area contributed by atoms with Gasteiger partial charge in [0.05, 0.1) is 10.9 Å². The van der Waals surface area contributed by atoms with Crippen LogP contribution < -0.4 is 5.32 Å². The number of nitrogens with zero attached hydrogens (tertiary/aromatic N) is 2. The third-order valence-electron chi connectivity index (χ3n) is 5.66. The molecule has 1 fully saturated rings. The second-order valence-electron chi connectivity index (χ2n) is 7.50. The number of rotatable bonds is 9. The van der Waals surface area contributed by atoms with Crippen LogP contribution in [0.15, 0.2) is 59.5 Å². The molecule has 0 aromatic heterocycles. The van der Waals surface area contributed by atoms with Gasteiger partial charge in [-0.25, -0.2) is 8.42 Å². The standard InChI is InChI=1S/C23H31N3O3S/c1-3-26(4-2)30(28,29)21-14-10-13-20(17-21)23(27)24-18-22(25-15-8-9-16-25)19-11-6-5-7-12-19/h5-7,10-14,17,22H,3-4,8-9,15-16,18H2,1-2H3,(H,24,27)/t22-/m1/s1. The Balaban J connectivity index is 1.75. The van der Waals surface area contributed by atoms with Crippen LogP contribution in [0.3, 0.4) is 0 Å². The van der Waals surface area contributed by atoms with E-state index in [1.54, 1.807) is 32.0 Å². The maximum Gasteiger partial charge on any atom is 0.251 e. The first-order chi connectivity index (χ1) is 14.5. The third-order valence-corrected chi connectivity index (χ3v) is 7.71. The van der Waals surface area contributed by atoms with Crippen LogP contribution >= 0.6 is 0 Å². The molecule has 7 heteroatoms. The van der Waals surface area contributed by atoms with Crippen molar-refractivity contribution < 1.29 is 13.2 Å². The lowest BCUT2D eigenvalue weighted by atomic mass is 10.1. The molecule has 6 nitrogen and oxygen atoms in total. The van der Waals surface area contributed by atoms with E-state index in [2.05, 4.69) is 22.3 Å². The molecule has 30 heavy (non-hydrogen) atoms. The summed E-state index contributed by atoms with van der Waals surface area (Å²) >= 11 is 0. The molecule has 3 rings (SSSR count). The fourth-order valence-electron chi connectivity index (χ4n) is 3.99. The van der Waals surface area contributed by atoms with Crippen molar-refractivity contribution in [1.29, 1.82) is 0 Å². The Hall–Kier alpha value is -2.22. The number of likely N-dealkylation sites (tertiary alicyclic amines) is 1. The van der Waals surface area contributed by atoms with E-state index in [1.165, 1.54) is 28.8 Å². The topological polar surface area (TPSA) is 69.7 Å². The Kier molecular flexibility index (Phi) is 7.64. The summed E-state index contributed by atoms with van der Waals surface area (Å²) in [6, 6.07) is 16.6. The Bertz CT molecular complexity index is 937. The first kappa shape index (κ1) is 22.5. The van der Waals surface area contributed by atoms with E-state index in [9.17, 15) is 13.2 Å². The van der Waals surface area contributed by atoms with Crippen LogP contribution in [0, 0.1) is 0 Å². The van der Waals surface area contributed by atoms with Gasteiger partial charge in [-0.3, -0.25) is 9.69 Å². The van der Waals surface area contributed by atoms with Crippen molar-refractivity contribution in [3.05, 3.63) is 65.7 Å². The van der Waals surface area contributed by atoms with Crippen molar-refractivity contribution in [2.24, 2.45) is 0 Å². The molecule has 0 unspecified atom stereocenters. The zero-order valence-corrected chi connectivity index (χ0v) is 18.6. The molecule has 1 saturated heterocycles. The molecule has 0 spiro atoms. The van der Waals surface area contributed by atoms with Crippen LogP contribution in [-0.4, -0.2) is 56.3 Å². The lowest BCUT2D eigenvalue weighted by Gasteiger charge is -2.28. The lowest BCUT2D eigenvalue weighted by Crippen LogP contribution is -2.37. The average Bonchev–Trinajstić information content (AvgIpc) is 3.30. The van der Waals surface area contributed by atoms with Crippen molar-refractivity contribution in [3.8, 4) is 0 Å². The molecule has 1 heterocycles. The molecule has 0 radical (unpaired) electrons. The van der Waals surface area contributed by atoms with Gasteiger partial charge in [-0.2, -0.15) is 4.31 Å². The largest absolute Gasteiger partial charge is 0.350 e. The predicted octanol–water partition coefficient (Wildman–Crippen LogP) is 3.28. The maximum atomic E-state index is 12.8. The number of carbonyl (C=O) groups is 1. The minimum absolute atomic E-state index is 0.111. The highest BCUT2D eigenvalue weighted by Crippen LogP contribution is 2.24. The second-order valence-corrected chi connectivity index (χ2v) is 9.43. The van der Waals surface area contributed by atoms with Crippen molar-refractivity contribution in [1.82, 2.24) is 14.5 Å². The van der Waals surface area contributed by atoms with Gasteiger partial charge in [0.15, 0.2) is 0 Å². The van der Waals surface area contributed by atoms with Crippen LogP contribution in [0.2, 0.25) is 0 Å². The van der Waals surface area contributed by atoms with Gasteiger partial charge < -0.3 is 5.32 Å². The van der Waals surface area contributed by atoms with E-state index >= 15 is 0 Å². The van der Waals surface area contributed by atoms with Crippen molar-refractivity contribution >= 4 is 15.9 Å². The van der Waals surface area contributed by atoms with Gasteiger partial charge in [-0.05, 0) is 49.7 Å². The number of carbonyl (C=O) groups excluding carboxylic acids is 1. The van der Waals surface area contributed by atoms with Crippen LogP contribution in [0.25, 0.3) is 0 Å². The third kappa shape index (κ3) is 5.09. The van der Waals surface area contributed by atoms with E-state index < -0.39 is 10.0 Å². The Labute approximate surface area is 179 Å². The van der Waals surface area contributed by atoms with E-state index in [-0.39, 0.29) is 16.8 Å². The number of hydrogen-bond donors (Lipinski definition) is 1. The molecule has 1 aliphatic heterocycles. The highest BCUT2D eigenvalue weighted by atomic mass is 32.2. The summed E-state index contributed by atoms with van der Waals surface area (Å²) in [4.78, 5) is 15.4. The van der Waals surface area contributed by atoms with Gasteiger partial charge >= 0.3 is 0 Å². The Morgan fingerprint density at radius 3 is 2.33 bits per heavy atom. The quantitative estimate of drug-likeness (QED) is 0.664. The van der Waals surface area contributed by atoms with Crippen LogP contribution in [0.1, 0.15) is 48.7 Å². The predicted molar refractivity (Wildman–Crippen MR) is 119 cm³/mol. The lowest BCUT2D eigenvalue weighted by molar-refractivity contribution is 0.0937. The SMILES string of the molecule is CCN(CC)S(=O)(=O)c1cccc(C(=O)NC[C@H](c2ccccc2)N2CCCC2)c1. The van der Waals surface area contributed by atoms with Crippen molar-refractivity contribution in [2.75, 3.05) is 32.7 Å². The van der Waals surface area contributed by atoms with Gasteiger partial charge in [0.25, 0.3) is 5.91 Å². The van der Waals surface area contributed by atoms with E-state index in [0.717, 1.165) is 13.1 Å². The summed E-state index contributed by atoms with van der Waals surface area (Å²) in [5, 5.41) is 3.02. The van der Waals surface area contributed by atoms with Crippen LogP contribution in [-0.2, 0) is 10.0 Å². The summed E-state index contributed by atoms with van der Waals surface area (Å²) < 4.78 is 27.0. The van der Waals surface area contributed by atoms with Gasteiger partial charge in [-0.1, -0.05) is 50.2 Å². The minimum Gasteiger partial charge on any atom is -0.350 e. The van der Waals surface area contributed by atoms with Gasteiger partial charge in [0.2, 0.25) is 10.0 Å². The molecule has 1 amide bonds. The Morgan fingerprint density at radius 1 is 1.03 bits per heavy atom. The molecule has 2 aromatic rings. The summed E-state index contributed by atoms with van der Waals surface area (Å²) in [5.41, 5.74) is 1.54. The number of hydrogen-bond acceptors (Lipinski definition) is 4. The van der Waals surface area contributed by atoms with Crippen molar-refractivity contribution in [2.45, 2.75) is 37.6 Å². The van der Waals surface area contributed by atoms with Gasteiger partial charge in [-0.15, -0.1) is 0 Å². The summed E-state index contributed by atoms with van der Waals surface area (Å²) in [6.07, 6.45) is 2.34. The molecular formula is C23H31N3O3S. The molecule has 162 valence electrons. The molecule has 1 N–H and O–H groups in total. The molecule has 0 aliphatic carbocycles. The summed E-state index contributed by atoms with van der Waals surface area (Å²) in [7, 11) is -3.60. The first-order valence-corrected chi connectivity index (χ1v) is 12.1. The molecule has 1 aliphatic rings. The summed E-state index contributed by atoms with van der Waals surface area (Å²) in [6.45, 7) is 6.92. The van der Waals surface area contributed by atoms with Crippen LogP contribution in [0.4, 0.5) is 0 Å². The maximum absolute atomic E-state index is 12.8. The normalized spacial score (nSPS) is 16.0. The molecule has 1 atom stereocenters. The van der Waals surface area contributed by atoms with Gasteiger partial charge in [0, 0.05) is 25.2 Å². The highest BCUT2D eigenvalue weighted by molar-refractivity contribution is 7.89. The molecule has 2 aromatic carbocycles. The number of nitrogens with one attached hydrogen (secondary N) is 1. The average molecular weight is 430 g/mol. The zero-order valence-electron chi connectivity index (χ0n) is 17.8. The number of amides is 1. The fraction of sp³-hybridized carbons (Fsp3) is 0.435. The van der Waals surface area contributed by atoms with Gasteiger partial charge in [0.1, 0.15) is 0 Å². The number of sulfonamides is 1. The summed E-state index contributed by atoms with van der Waals surface area (Å²) in [5.74, 6) is -0.258. The monoisotopic (exact) mass is 429 g/mol. The zero-order chi connectivity index (χ0) is 21.6. The molecule has 0 saturated carbocycles. The van der Waals surface area contributed by atoms with E-state index in [4.69, 9.17) is 0 Å². The minimum atomic E-state index is -3.60. The Morgan fingerprint density at radius 2 is 1.70 bits per heavy atom. The van der Waals surface area contributed by atoms with E-state index in [0.29, 0.717) is 25.2 Å². The molecular weight excluding hydrogens is 398 g/mol. The van der Waals surface area contributed by atoms with Crippen LogP contribution in [0.5, 0.6) is 0 Å². The first-order valence-electron chi connectivity index (χ1n) is 10.6. The van der Waals surface area contributed by atoms with E-state index in [1.807, 2.05) is 18.2 Å². The number of benzene rings is 2. The fourth-order valence-corrected chi connectivity index (χ4v) is 5.49. The smallest absolute Gasteiger partial charge is 0.251 e. The van der Waals surface area contributed by atoms with Crippen molar-refractivity contribution in [3.63, 3.8) is 0 Å². The molecule has 0 bridgehead atoms.